The van der Waals surface area contributed by atoms with E-state index in [1.165, 1.54) is 11.8 Å². The number of nitrogen functional groups attached to an aromatic ring is 1. The van der Waals surface area contributed by atoms with Crippen LogP contribution in [0.5, 0.6) is 0 Å². The summed E-state index contributed by atoms with van der Waals surface area (Å²) in [6.07, 6.45) is 2.31. The molecule has 0 spiro atoms. The number of anilines is 3. The van der Waals surface area contributed by atoms with Crippen LogP contribution in [0.2, 0.25) is 0 Å². The molecule has 0 amide bonds. The molecule has 2 aromatic rings. The second kappa shape index (κ2) is 7.47. The minimum Gasteiger partial charge on any atom is -0.325 e. The maximum absolute atomic E-state index is 8.86. The number of hydrogen-bond donors (Lipinski definition) is 2. The van der Waals surface area contributed by atoms with Crippen LogP contribution in [0.25, 0.3) is 0 Å². The maximum atomic E-state index is 8.86. The van der Waals surface area contributed by atoms with Crippen LogP contribution < -0.4 is 16.2 Å². The minimum absolute atomic E-state index is 0.402. The molecule has 1 heterocycles. The number of aromatic nitrogens is 2. The van der Waals surface area contributed by atoms with E-state index in [1.54, 1.807) is 6.07 Å². The standard InChI is InChI=1S/C14H16N6S/c1-21-14-17-12(19-16)10-13(18-14)20(9-5-8-15)11-6-3-2-4-7-11/h2-4,6-7,10H,5,9,16H2,1H3,(H,17,18,19). The van der Waals surface area contributed by atoms with Crippen molar-refractivity contribution in [1.82, 2.24) is 9.97 Å². The van der Waals surface area contributed by atoms with Crippen molar-refractivity contribution in [2.75, 3.05) is 23.1 Å². The van der Waals surface area contributed by atoms with Gasteiger partial charge >= 0.3 is 0 Å². The quantitative estimate of drug-likeness (QED) is 0.366. The molecule has 108 valence electrons. The normalized spacial score (nSPS) is 9.95. The molecule has 7 heteroatoms. The summed E-state index contributed by atoms with van der Waals surface area (Å²) in [5.41, 5.74) is 3.52. The monoisotopic (exact) mass is 300 g/mol. The maximum Gasteiger partial charge on any atom is 0.191 e. The summed E-state index contributed by atoms with van der Waals surface area (Å²) in [5.74, 6) is 6.72. The zero-order chi connectivity index (χ0) is 15.1. The molecule has 0 bridgehead atoms. The van der Waals surface area contributed by atoms with Gasteiger partial charge in [0.2, 0.25) is 0 Å². The molecular formula is C14H16N6S. The van der Waals surface area contributed by atoms with E-state index in [2.05, 4.69) is 21.5 Å². The first-order valence-electron chi connectivity index (χ1n) is 6.37. The first kappa shape index (κ1) is 15.1. The highest BCUT2D eigenvalue weighted by Gasteiger charge is 2.13. The smallest absolute Gasteiger partial charge is 0.191 e. The second-order valence-electron chi connectivity index (χ2n) is 4.14. The van der Waals surface area contributed by atoms with E-state index < -0.39 is 0 Å². The van der Waals surface area contributed by atoms with Gasteiger partial charge < -0.3 is 10.3 Å². The van der Waals surface area contributed by atoms with Crippen molar-refractivity contribution in [3.63, 3.8) is 0 Å². The second-order valence-corrected chi connectivity index (χ2v) is 4.91. The third-order valence-electron chi connectivity index (χ3n) is 2.81. The highest BCUT2D eigenvalue weighted by molar-refractivity contribution is 7.98. The Labute approximate surface area is 128 Å². The predicted molar refractivity (Wildman–Crippen MR) is 85.3 cm³/mol. The van der Waals surface area contributed by atoms with Crippen molar-refractivity contribution in [3.8, 4) is 6.07 Å². The summed E-state index contributed by atoms with van der Waals surface area (Å²) in [4.78, 5) is 10.7. The van der Waals surface area contributed by atoms with Gasteiger partial charge in [0, 0.05) is 18.3 Å². The average molecular weight is 300 g/mol. The molecule has 0 radical (unpaired) electrons. The Morgan fingerprint density at radius 3 is 2.71 bits per heavy atom. The molecule has 0 atom stereocenters. The number of nitrogens with zero attached hydrogens (tertiary/aromatic N) is 4. The van der Waals surface area contributed by atoms with Crippen molar-refractivity contribution in [2.45, 2.75) is 11.6 Å². The third kappa shape index (κ3) is 3.84. The fourth-order valence-corrected chi connectivity index (χ4v) is 2.24. The van der Waals surface area contributed by atoms with Crippen molar-refractivity contribution in [3.05, 3.63) is 36.4 Å². The largest absolute Gasteiger partial charge is 0.325 e. The van der Waals surface area contributed by atoms with E-state index in [0.29, 0.717) is 29.8 Å². The molecular weight excluding hydrogens is 284 g/mol. The molecule has 6 nitrogen and oxygen atoms in total. The van der Waals surface area contributed by atoms with Crippen LogP contribution >= 0.6 is 11.8 Å². The molecule has 0 aliphatic heterocycles. The van der Waals surface area contributed by atoms with Gasteiger partial charge in [-0.25, -0.2) is 15.8 Å². The number of hydrogen-bond acceptors (Lipinski definition) is 7. The molecule has 0 saturated carbocycles. The van der Waals surface area contributed by atoms with Gasteiger partial charge in [-0.2, -0.15) is 5.26 Å². The van der Waals surface area contributed by atoms with Gasteiger partial charge in [-0.3, -0.25) is 0 Å². The average Bonchev–Trinajstić information content (AvgIpc) is 2.55. The topological polar surface area (TPSA) is 90.9 Å². The van der Waals surface area contributed by atoms with E-state index in [9.17, 15) is 0 Å². The lowest BCUT2D eigenvalue weighted by atomic mass is 10.2. The van der Waals surface area contributed by atoms with Crippen LogP contribution in [0.4, 0.5) is 17.3 Å². The van der Waals surface area contributed by atoms with Crippen LogP contribution in [0, 0.1) is 11.3 Å². The summed E-state index contributed by atoms with van der Waals surface area (Å²) in [6, 6.07) is 13.7. The number of rotatable bonds is 6. The van der Waals surface area contributed by atoms with Crippen LogP contribution in [0.3, 0.4) is 0 Å². The minimum atomic E-state index is 0.402. The molecule has 21 heavy (non-hydrogen) atoms. The molecule has 3 N–H and O–H groups in total. The van der Waals surface area contributed by atoms with Gasteiger partial charge in [-0.15, -0.1) is 0 Å². The van der Waals surface area contributed by atoms with Crippen LogP contribution in [0.15, 0.2) is 41.6 Å². The molecule has 0 saturated heterocycles. The summed E-state index contributed by atoms with van der Waals surface area (Å²) >= 11 is 1.44. The van der Waals surface area contributed by atoms with Crippen molar-refractivity contribution in [2.24, 2.45) is 5.84 Å². The lowest BCUT2D eigenvalue weighted by molar-refractivity contribution is 0.882. The van der Waals surface area contributed by atoms with Gasteiger partial charge in [0.25, 0.3) is 0 Å². The van der Waals surface area contributed by atoms with Crippen LogP contribution in [0.1, 0.15) is 6.42 Å². The Balaban J connectivity index is 2.43. The van der Waals surface area contributed by atoms with E-state index in [4.69, 9.17) is 11.1 Å². The van der Waals surface area contributed by atoms with Gasteiger partial charge in [0.05, 0.1) is 12.5 Å². The van der Waals surface area contributed by atoms with Gasteiger partial charge in [0.15, 0.2) is 5.16 Å². The van der Waals surface area contributed by atoms with E-state index >= 15 is 0 Å². The molecule has 1 aromatic heterocycles. The Bertz CT molecular complexity index is 603. The number of thioether (sulfide) groups is 1. The third-order valence-corrected chi connectivity index (χ3v) is 3.36. The number of nitrogens with one attached hydrogen (secondary N) is 1. The molecule has 1 aromatic carbocycles. The number of nitrogens with two attached hydrogens (primary N) is 1. The van der Waals surface area contributed by atoms with Crippen LogP contribution in [-0.4, -0.2) is 22.8 Å². The summed E-state index contributed by atoms with van der Waals surface area (Å²) in [7, 11) is 0. The lowest BCUT2D eigenvalue weighted by Gasteiger charge is -2.23. The Morgan fingerprint density at radius 1 is 1.33 bits per heavy atom. The summed E-state index contributed by atoms with van der Waals surface area (Å²) in [6.45, 7) is 0.551. The first-order valence-corrected chi connectivity index (χ1v) is 7.60. The number of hydrazine groups is 1. The zero-order valence-corrected chi connectivity index (χ0v) is 12.5. The van der Waals surface area contributed by atoms with E-state index in [-0.39, 0.29) is 0 Å². The molecule has 0 unspecified atom stereocenters. The van der Waals surface area contributed by atoms with E-state index in [0.717, 1.165) is 5.69 Å². The van der Waals surface area contributed by atoms with E-state index in [1.807, 2.05) is 41.5 Å². The Hall–Kier alpha value is -2.30. The number of nitriles is 1. The highest BCUT2D eigenvalue weighted by atomic mass is 32.2. The van der Waals surface area contributed by atoms with Crippen molar-refractivity contribution < 1.29 is 0 Å². The first-order chi connectivity index (χ1) is 10.3. The summed E-state index contributed by atoms with van der Waals surface area (Å²) in [5, 5.41) is 9.49. The van der Waals surface area contributed by atoms with Gasteiger partial charge in [-0.05, 0) is 18.4 Å². The molecule has 0 aliphatic rings. The lowest BCUT2D eigenvalue weighted by Crippen LogP contribution is -2.20. The molecule has 0 fully saturated rings. The molecule has 2 rings (SSSR count). The predicted octanol–water partition coefficient (Wildman–Crippen LogP) is 2.54. The van der Waals surface area contributed by atoms with Crippen molar-refractivity contribution in [1.29, 1.82) is 5.26 Å². The van der Waals surface area contributed by atoms with Crippen molar-refractivity contribution >= 4 is 29.1 Å². The van der Waals surface area contributed by atoms with Crippen LogP contribution in [-0.2, 0) is 0 Å². The highest BCUT2D eigenvalue weighted by Crippen LogP contribution is 2.27. The zero-order valence-electron chi connectivity index (χ0n) is 11.7. The Kier molecular flexibility index (Phi) is 5.37. The summed E-state index contributed by atoms with van der Waals surface area (Å²) < 4.78 is 0. The number of para-hydroxylation sites is 1. The SMILES string of the molecule is CSc1nc(NN)cc(N(CCC#N)c2ccccc2)n1. The Morgan fingerprint density at radius 2 is 2.10 bits per heavy atom. The number of benzene rings is 1. The van der Waals surface area contributed by atoms with Gasteiger partial charge in [0.1, 0.15) is 11.6 Å². The molecule has 0 aliphatic carbocycles. The fourth-order valence-electron chi connectivity index (χ4n) is 1.86. The van der Waals surface area contributed by atoms with Gasteiger partial charge in [-0.1, -0.05) is 30.0 Å². The fraction of sp³-hybridized carbons (Fsp3) is 0.214.